The van der Waals surface area contributed by atoms with Crippen molar-refractivity contribution in [2.75, 3.05) is 0 Å². The second-order valence-electron chi connectivity index (χ2n) is 18.0. The predicted octanol–water partition coefficient (Wildman–Crippen LogP) is 6.55. The molecule has 0 atom stereocenters. The summed E-state index contributed by atoms with van der Waals surface area (Å²) in [7, 11) is 0. The van der Waals surface area contributed by atoms with Crippen LogP contribution in [0.1, 0.15) is 212 Å². The SMILES string of the molecule is CC(C)(C)CCCCCC(=O)[O-].CC(C)(C)CCCCCC(=O)[O-].CC(C)(C)CCCCCC(=O)[O-].CC(C)(C)CCCCCC(=O)[O-].[Ag+].[B+3]. The molecule has 0 saturated heterocycles. The van der Waals surface area contributed by atoms with Crippen LogP contribution in [0.4, 0.5) is 0 Å². The van der Waals surface area contributed by atoms with Crippen molar-refractivity contribution in [1.82, 2.24) is 0 Å². The Hall–Kier alpha value is -1.31. The van der Waals surface area contributed by atoms with Crippen LogP contribution < -0.4 is 20.4 Å². The number of hydrogen-bond donors (Lipinski definition) is 0. The Morgan fingerprint density at radius 3 is 0.560 bits per heavy atom. The van der Waals surface area contributed by atoms with Gasteiger partial charge in [-0.25, -0.2) is 0 Å². The van der Waals surface area contributed by atoms with Gasteiger partial charge in [0, 0.05) is 23.9 Å². The smallest absolute Gasteiger partial charge is 0.550 e. The molecule has 50 heavy (non-hydrogen) atoms. The van der Waals surface area contributed by atoms with Gasteiger partial charge in [-0.1, -0.05) is 134 Å². The van der Waals surface area contributed by atoms with Crippen LogP contribution in [0.2, 0.25) is 0 Å². The third-order valence-electron chi connectivity index (χ3n) is 7.23. The molecule has 0 rings (SSSR count). The molecule has 298 valence electrons. The Balaban J connectivity index is -0.000000127. The van der Waals surface area contributed by atoms with Crippen LogP contribution in [0, 0.1) is 21.7 Å². The molecule has 0 radical (unpaired) electrons. The van der Waals surface area contributed by atoms with E-state index in [9.17, 15) is 39.6 Å². The van der Waals surface area contributed by atoms with Crippen molar-refractivity contribution >= 4 is 32.3 Å². The first kappa shape index (κ1) is 60.8. The number of rotatable bonds is 20. The fourth-order valence-corrected chi connectivity index (χ4v) is 4.41. The van der Waals surface area contributed by atoms with Crippen molar-refractivity contribution in [3.05, 3.63) is 0 Å². The van der Waals surface area contributed by atoms with Gasteiger partial charge in [0.2, 0.25) is 0 Å². The topological polar surface area (TPSA) is 161 Å². The zero-order valence-electron chi connectivity index (χ0n) is 34.3. The normalized spacial score (nSPS) is 11.1. The van der Waals surface area contributed by atoms with Crippen LogP contribution in [0.3, 0.4) is 0 Å². The third-order valence-corrected chi connectivity index (χ3v) is 7.23. The Morgan fingerprint density at radius 1 is 0.320 bits per heavy atom. The minimum atomic E-state index is -0.925. The summed E-state index contributed by atoms with van der Waals surface area (Å²) in [6.07, 6.45) is 17.1. The van der Waals surface area contributed by atoms with E-state index in [0.29, 0.717) is 21.7 Å². The quantitative estimate of drug-likeness (QED) is 0.0990. The van der Waals surface area contributed by atoms with E-state index in [1.54, 1.807) is 0 Å². The first-order valence-corrected chi connectivity index (χ1v) is 18.5. The predicted molar refractivity (Wildman–Crippen MR) is 196 cm³/mol. The average molecular weight is 804 g/mol. The molecule has 0 aromatic heterocycles. The molecule has 0 N–H and O–H groups in total. The number of carbonyl (C=O) groups is 4. The van der Waals surface area contributed by atoms with Crippen molar-refractivity contribution in [2.24, 2.45) is 21.7 Å². The Bertz CT molecular complexity index is 683. The van der Waals surface area contributed by atoms with Crippen molar-refractivity contribution in [1.29, 1.82) is 0 Å². The average Bonchev–Trinajstić information content (AvgIpc) is 2.85. The van der Waals surface area contributed by atoms with Gasteiger partial charge in [-0.15, -0.1) is 0 Å². The van der Waals surface area contributed by atoms with E-state index in [2.05, 4.69) is 83.1 Å². The van der Waals surface area contributed by atoms with Crippen LogP contribution in [0.5, 0.6) is 0 Å². The van der Waals surface area contributed by atoms with Gasteiger partial charge in [0.15, 0.2) is 0 Å². The number of hydrogen-bond acceptors (Lipinski definition) is 8. The molecule has 0 saturated carbocycles. The molecule has 0 amide bonds. The minimum absolute atomic E-state index is 0. The van der Waals surface area contributed by atoms with Crippen LogP contribution in [0.25, 0.3) is 0 Å². The van der Waals surface area contributed by atoms with E-state index in [1.165, 1.54) is 25.7 Å². The molecule has 0 bridgehead atoms. The molecule has 0 fully saturated rings. The molecule has 0 heterocycles. The molecule has 0 unspecified atom stereocenters. The number of unbranched alkanes of at least 4 members (excludes halogenated alkanes) is 8. The Labute approximate surface area is 326 Å². The zero-order chi connectivity index (χ0) is 38.5. The summed E-state index contributed by atoms with van der Waals surface area (Å²) in [6.45, 7) is 26.4. The largest absolute Gasteiger partial charge is 3.00 e. The molecular formula is C40H76AgBO8. The van der Waals surface area contributed by atoms with E-state index in [-0.39, 0.29) is 56.5 Å². The van der Waals surface area contributed by atoms with Gasteiger partial charge >= 0.3 is 30.8 Å². The van der Waals surface area contributed by atoms with E-state index in [4.69, 9.17) is 0 Å². The minimum Gasteiger partial charge on any atom is -0.550 e. The summed E-state index contributed by atoms with van der Waals surface area (Å²) in [5.41, 5.74) is 1.51. The second-order valence-corrected chi connectivity index (χ2v) is 18.0. The van der Waals surface area contributed by atoms with Crippen molar-refractivity contribution < 1.29 is 62.0 Å². The van der Waals surface area contributed by atoms with Gasteiger partial charge in [0.05, 0.1) is 0 Å². The maximum Gasteiger partial charge on any atom is 3.00 e. The fraction of sp³-hybridized carbons (Fsp3) is 0.900. The first-order valence-electron chi connectivity index (χ1n) is 18.5. The first-order chi connectivity index (χ1) is 21.7. The van der Waals surface area contributed by atoms with Crippen LogP contribution in [-0.2, 0) is 41.6 Å². The number of carboxylic acid groups (broad SMARTS) is 4. The van der Waals surface area contributed by atoms with Crippen LogP contribution in [-0.4, -0.2) is 32.3 Å². The van der Waals surface area contributed by atoms with Crippen LogP contribution >= 0.6 is 0 Å². The number of aliphatic carboxylic acids is 4. The summed E-state index contributed by atoms with van der Waals surface area (Å²) >= 11 is 0. The van der Waals surface area contributed by atoms with Crippen molar-refractivity contribution in [3.8, 4) is 0 Å². The van der Waals surface area contributed by atoms with Crippen LogP contribution in [0.15, 0.2) is 0 Å². The monoisotopic (exact) mass is 802 g/mol. The van der Waals surface area contributed by atoms with Gasteiger partial charge in [-0.05, 0) is 98.7 Å². The standard InChI is InChI=1S/4C10H20O2.Ag.B/c4*1-10(2,3)8-6-4-5-7-9(11)12;;/h4*4-8H2,1-3H3,(H,11,12);;/q;;;;+1;+3/p-4. The van der Waals surface area contributed by atoms with E-state index in [0.717, 1.165) is 77.0 Å². The molecule has 0 aromatic carbocycles. The summed E-state index contributed by atoms with van der Waals surface area (Å²) in [6, 6.07) is 0. The van der Waals surface area contributed by atoms with Gasteiger partial charge in [0.1, 0.15) is 0 Å². The molecule has 0 spiro atoms. The third kappa shape index (κ3) is 81.0. The molecule has 0 aliphatic heterocycles. The zero-order valence-corrected chi connectivity index (χ0v) is 35.8. The maximum atomic E-state index is 10.0. The van der Waals surface area contributed by atoms with Crippen molar-refractivity contribution in [3.63, 3.8) is 0 Å². The second kappa shape index (κ2) is 34.8. The molecule has 0 aliphatic carbocycles. The van der Waals surface area contributed by atoms with Gasteiger partial charge in [-0.3, -0.25) is 0 Å². The fourth-order valence-electron chi connectivity index (χ4n) is 4.41. The van der Waals surface area contributed by atoms with E-state index in [1.807, 2.05) is 0 Å². The molecular weight excluding hydrogens is 727 g/mol. The number of carbonyl (C=O) groups excluding carboxylic acids is 4. The van der Waals surface area contributed by atoms with E-state index < -0.39 is 23.9 Å². The van der Waals surface area contributed by atoms with E-state index >= 15 is 0 Å². The van der Waals surface area contributed by atoms with Gasteiger partial charge in [0.25, 0.3) is 0 Å². The Morgan fingerprint density at radius 2 is 0.460 bits per heavy atom. The summed E-state index contributed by atoms with van der Waals surface area (Å²) < 4.78 is 0. The van der Waals surface area contributed by atoms with Crippen molar-refractivity contribution in [2.45, 2.75) is 212 Å². The summed E-state index contributed by atoms with van der Waals surface area (Å²) in [4.78, 5) is 40.2. The molecule has 0 aliphatic rings. The van der Waals surface area contributed by atoms with Gasteiger partial charge < -0.3 is 39.6 Å². The molecule has 8 nitrogen and oxygen atoms in total. The van der Waals surface area contributed by atoms with Gasteiger partial charge in [-0.2, -0.15) is 0 Å². The number of carboxylic acids is 4. The maximum absolute atomic E-state index is 10.0. The summed E-state index contributed by atoms with van der Waals surface area (Å²) in [5.74, 6) is -3.70. The summed E-state index contributed by atoms with van der Waals surface area (Å²) in [5, 5.41) is 40.2. The molecule has 10 heteroatoms. The molecule has 0 aromatic rings. The Kier molecular flexibility index (Phi) is 42.2.